The average Bonchev–Trinajstić information content (AvgIpc) is 3.42. The number of benzene rings is 2. The monoisotopic (exact) mass is 463 g/mol. The summed E-state index contributed by atoms with van der Waals surface area (Å²) in [4.78, 5) is 29.4. The minimum atomic E-state index is -0.121. The number of amides is 2. The van der Waals surface area contributed by atoms with E-state index in [1.165, 1.54) is 11.3 Å². The van der Waals surface area contributed by atoms with Crippen molar-refractivity contribution in [3.8, 4) is 17.0 Å². The first-order valence-corrected chi connectivity index (χ1v) is 11.6. The van der Waals surface area contributed by atoms with Gasteiger partial charge in [0.25, 0.3) is 5.91 Å². The maximum atomic E-state index is 12.3. The predicted molar refractivity (Wildman–Crippen MR) is 129 cm³/mol. The van der Waals surface area contributed by atoms with E-state index in [0.29, 0.717) is 29.4 Å². The third-order valence-electron chi connectivity index (χ3n) is 5.10. The number of rotatable bonds is 10. The molecule has 9 heteroatoms. The fourth-order valence-electron chi connectivity index (χ4n) is 3.38. The smallest absolute Gasteiger partial charge is 0.251 e. The first kappa shape index (κ1) is 22.5. The molecule has 170 valence electrons. The summed E-state index contributed by atoms with van der Waals surface area (Å²) in [6.07, 6.45) is 2.76. The second-order valence-corrected chi connectivity index (χ2v) is 8.30. The molecule has 0 atom stereocenters. The molecule has 2 aromatic carbocycles. The van der Waals surface area contributed by atoms with Crippen LogP contribution in [0.2, 0.25) is 0 Å². The second kappa shape index (κ2) is 10.7. The Kier molecular flexibility index (Phi) is 7.31. The van der Waals surface area contributed by atoms with Crippen molar-refractivity contribution in [1.29, 1.82) is 0 Å². The van der Waals surface area contributed by atoms with Gasteiger partial charge in [-0.1, -0.05) is 36.8 Å². The zero-order valence-corrected chi connectivity index (χ0v) is 19.1. The number of hydrogen-bond acceptors (Lipinski definition) is 6. The molecule has 0 spiro atoms. The third kappa shape index (κ3) is 5.75. The number of hydrogen-bond donors (Lipinski definition) is 2. The lowest BCUT2D eigenvalue weighted by molar-refractivity contribution is -0.116. The number of nitrogens with one attached hydrogen (secondary N) is 2. The molecule has 0 fully saturated rings. The molecule has 0 aliphatic carbocycles. The highest BCUT2D eigenvalue weighted by Gasteiger charge is 2.14. The predicted octanol–water partition coefficient (Wildman–Crippen LogP) is 4.40. The summed E-state index contributed by atoms with van der Waals surface area (Å²) in [6, 6.07) is 16.8. The standard InChI is InChI=1S/C24H25N5O3S/c1-32-19-12-8-11-18(15-19)20-16-33-24-27-23(28-29(20)24)26-21(30)13-6-3-7-14-25-22(31)17-9-4-2-5-10-17/h2,4-5,8-12,15-16H,3,6-7,13-14H2,1H3,(H,25,31)(H,26,28,30). The molecule has 2 N–H and O–H groups in total. The van der Waals surface area contributed by atoms with Gasteiger partial charge in [-0.15, -0.1) is 16.4 Å². The Labute approximate surface area is 195 Å². The number of methoxy groups -OCH3 is 1. The highest BCUT2D eigenvalue weighted by Crippen LogP contribution is 2.28. The lowest BCUT2D eigenvalue weighted by atomic mass is 10.1. The molecule has 0 saturated carbocycles. The van der Waals surface area contributed by atoms with Crippen LogP contribution in [-0.4, -0.2) is 40.1 Å². The van der Waals surface area contributed by atoms with Crippen molar-refractivity contribution in [3.63, 3.8) is 0 Å². The van der Waals surface area contributed by atoms with Gasteiger partial charge in [0, 0.05) is 29.5 Å². The quantitative estimate of drug-likeness (QED) is 0.340. The Bertz CT molecular complexity index is 1240. The van der Waals surface area contributed by atoms with Gasteiger partial charge in [0.2, 0.25) is 16.8 Å². The summed E-state index contributed by atoms with van der Waals surface area (Å²) in [6.45, 7) is 0.585. The number of carbonyl (C=O) groups is 2. The van der Waals surface area contributed by atoms with E-state index in [1.807, 2.05) is 47.8 Å². The van der Waals surface area contributed by atoms with Gasteiger partial charge in [0.05, 0.1) is 12.8 Å². The number of fused-ring (bicyclic) bond motifs is 1. The summed E-state index contributed by atoms with van der Waals surface area (Å²) in [5.41, 5.74) is 2.50. The van der Waals surface area contributed by atoms with Crippen molar-refractivity contribution in [2.75, 3.05) is 19.0 Å². The van der Waals surface area contributed by atoms with Crippen LogP contribution in [0.15, 0.2) is 60.0 Å². The summed E-state index contributed by atoms with van der Waals surface area (Å²) < 4.78 is 7.02. The zero-order valence-electron chi connectivity index (χ0n) is 18.3. The molecule has 4 aromatic rings. The van der Waals surface area contributed by atoms with Crippen LogP contribution in [0.3, 0.4) is 0 Å². The van der Waals surface area contributed by atoms with E-state index < -0.39 is 0 Å². The van der Waals surface area contributed by atoms with E-state index in [2.05, 4.69) is 20.7 Å². The van der Waals surface area contributed by atoms with E-state index in [-0.39, 0.29) is 11.8 Å². The van der Waals surface area contributed by atoms with Crippen molar-refractivity contribution >= 4 is 34.1 Å². The van der Waals surface area contributed by atoms with Crippen LogP contribution < -0.4 is 15.4 Å². The van der Waals surface area contributed by atoms with Gasteiger partial charge in [-0.2, -0.15) is 4.98 Å². The summed E-state index contributed by atoms with van der Waals surface area (Å²) in [5, 5.41) is 12.1. The average molecular weight is 464 g/mol. The first-order chi connectivity index (χ1) is 16.1. The number of ether oxygens (including phenoxy) is 1. The molecule has 2 amide bonds. The second-order valence-electron chi connectivity index (χ2n) is 7.46. The summed E-state index contributed by atoms with van der Waals surface area (Å²) >= 11 is 1.46. The molecular formula is C24H25N5O3S. The number of carbonyl (C=O) groups excluding carboxylic acids is 2. The van der Waals surface area contributed by atoms with Gasteiger partial charge < -0.3 is 10.1 Å². The van der Waals surface area contributed by atoms with Gasteiger partial charge in [0.1, 0.15) is 5.75 Å². The fourth-order valence-corrected chi connectivity index (χ4v) is 4.21. The van der Waals surface area contributed by atoms with E-state index in [0.717, 1.165) is 36.3 Å². The SMILES string of the molecule is COc1cccc(-c2csc3nc(NC(=O)CCCCCNC(=O)c4ccccc4)nn23)c1. The minimum absolute atomic E-state index is 0.0764. The molecule has 0 aliphatic heterocycles. The molecule has 0 radical (unpaired) electrons. The number of thiazole rings is 1. The van der Waals surface area contributed by atoms with E-state index in [1.54, 1.807) is 23.8 Å². The molecule has 8 nitrogen and oxygen atoms in total. The Morgan fingerprint density at radius 1 is 1.06 bits per heavy atom. The lowest BCUT2D eigenvalue weighted by Gasteiger charge is -2.05. The van der Waals surface area contributed by atoms with E-state index >= 15 is 0 Å². The molecule has 2 heterocycles. The maximum Gasteiger partial charge on any atom is 0.251 e. The molecular weight excluding hydrogens is 438 g/mol. The highest BCUT2D eigenvalue weighted by atomic mass is 32.1. The van der Waals surface area contributed by atoms with Crippen LogP contribution in [0.4, 0.5) is 5.95 Å². The van der Waals surface area contributed by atoms with Crippen molar-refractivity contribution in [3.05, 3.63) is 65.5 Å². The Morgan fingerprint density at radius 2 is 1.91 bits per heavy atom. The van der Waals surface area contributed by atoms with Crippen LogP contribution in [0.25, 0.3) is 16.2 Å². The van der Waals surface area contributed by atoms with Gasteiger partial charge in [0.15, 0.2) is 0 Å². The molecule has 2 aromatic heterocycles. The number of aromatic nitrogens is 3. The normalized spacial score (nSPS) is 10.8. The van der Waals surface area contributed by atoms with Crippen molar-refractivity contribution in [1.82, 2.24) is 19.9 Å². The zero-order chi connectivity index (χ0) is 23.0. The van der Waals surface area contributed by atoms with Gasteiger partial charge >= 0.3 is 0 Å². The van der Waals surface area contributed by atoms with Crippen molar-refractivity contribution < 1.29 is 14.3 Å². The molecule has 33 heavy (non-hydrogen) atoms. The Balaban J connectivity index is 1.22. The largest absolute Gasteiger partial charge is 0.497 e. The molecule has 0 unspecified atom stereocenters. The van der Waals surface area contributed by atoms with E-state index in [9.17, 15) is 9.59 Å². The number of unbranched alkanes of at least 4 members (excludes halogenated alkanes) is 2. The summed E-state index contributed by atoms with van der Waals surface area (Å²) in [7, 11) is 1.63. The topological polar surface area (TPSA) is 97.6 Å². The molecule has 0 aliphatic rings. The van der Waals surface area contributed by atoms with Crippen LogP contribution in [0.1, 0.15) is 36.0 Å². The summed E-state index contributed by atoms with van der Waals surface area (Å²) in [5.74, 6) is 0.864. The molecule has 0 bridgehead atoms. The van der Waals surface area contributed by atoms with Crippen molar-refractivity contribution in [2.45, 2.75) is 25.7 Å². The fraction of sp³-hybridized carbons (Fsp3) is 0.250. The van der Waals surface area contributed by atoms with Gasteiger partial charge in [-0.05, 0) is 37.1 Å². The molecule has 4 rings (SSSR count). The number of anilines is 1. The van der Waals surface area contributed by atoms with E-state index in [4.69, 9.17) is 4.74 Å². The molecule has 0 saturated heterocycles. The van der Waals surface area contributed by atoms with Crippen LogP contribution in [-0.2, 0) is 4.79 Å². The van der Waals surface area contributed by atoms with Gasteiger partial charge in [-0.3, -0.25) is 14.9 Å². The Hall–Kier alpha value is -3.72. The van der Waals surface area contributed by atoms with Gasteiger partial charge in [-0.25, -0.2) is 4.52 Å². The highest BCUT2D eigenvalue weighted by molar-refractivity contribution is 7.15. The van der Waals surface area contributed by atoms with Crippen LogP contribution in [0.5, 0.6) is 5.75 Å². The van der Waals surface area contributed by atoms with Crippen molar-refractivity contribution in [2.24, 2.45) is 0 Å². The number of nitrogens with zero attached hydrogens (tertiary/aromatic N) is 3. The lowest BCUT2D eigenvalue weighted by Crippen LogP contribution is -2.24. The Morgan fingerprint density at radius 3 is 2.73 bits per heavy atom. The van der Waals surface area contributed by atoms with Crippen LogP contribution >= 0.6 is 11.3 Å². The first-order valence-electron chi connectivity index (χ1n) is 10.8. The minimum Gasteiger partial charge on any atom is -0.497 e. The maximum absolute atomic E-state index is 12.3. The third-order valence-corrected chi connectivity index (χ3v) is 5.92. The van der Waals surface area contributed by atoms with Crippen LogP contribution in [0, 0.1) is 0 Å².